The number of carboxylic acid groups (broad SMARTS) is 1. The van der Waals surface area contributed by atoms with Crippen LogP contribution in [0.25, 0.3) is 10.9 Å². The van der Waals surface area contributed by atoms with Crippen LogP contribution in [0.15, 0.2) is 125 Å². The number of aromatic nitrogens is 2. The fraction of sp³-hybridized carbons (Fsp3) is 0.135. The number of pyridine rings is 1. The molecule has 0 saturated heterocycles. The molecule has 6 rings (SSSR count). The monoisotopic (exact) mass is 777 g/mol. The summed E-state index contributed by atoms with van der Waals surface area (Å²) < 4.78 is 38.2. The molecule has 2 aromatic heterocycles. The summed E-state index contributed by atoms with van der Waals surface area (Å²) in [5.74, 6) is -0.474. The minimum Gasteiger partial charge on any atom is -0.493 e. The molecule has 2 heterocycles. The highest BCUT2D eigenvalue weighted by Gasteiger charge is 2.26. The van der Waals surface area contributed by atoms with Gasteiger partial charge in [-0.2, -0.15) is 0 Å². The van der Waals surface area contributed by atoms with Crippen molar-refractivity contribution < 1.29 is 23.1 Å². The summed E-state index contributed by atoms with van der Waals surface area (Å²) in [6.45, 7) is 0.371. The van der Waals surface area contributed by atoms with E-state index in [0.717, 1.165) is 33.3 Å². The first-order valence-electron chi connectivity index (χ1n) is 15.3. The van der Waals surface area contributed by atoms with Gasteiger partial charge in [-0.3, -0.25) is 0 Å². The van der Waals surface area contributed by atoms with E-state index in [1.165, 1.54) is 24.4 Å². The molecule has 2 N–H and O–H groups in total. The van der Waals surface area contributed by atoms with Crippen LogP contribution in [0.4, 0.5) is 0 Å². The van der Waals surface area contributed by atoms with Crippen molar-refractivity contribution in [2.45, 2.75) is 23.8 Å². The Bertz CT molecular complexity index is 2180. The Hall–Kier alpha value is -4.19. The molecule has 0 atom stereocenters. The minimum atomic E-state index is -3.92. The molecular weight excluding hydrogens is 749 g/mol. The summed E-state index contributed by atoms with van der Waals surface area (Å²) in [6.07, 6.45) is 2.03. The molecule has 0 spiro atoms. The van der Waals surface area contributed by atoms with Crippen LogP contribution in [0.3, 0.4) is 0 Å². The van der Waals surface area contributed by atoms with Gasteiger partial charge in [-0.05, 0) is 81.2 Å². The SMILES string of the molecule is O=C(O)c1ccc(OCCc2c(CCNS(=O)(=O)c3cnc(Cl)c(Br)c3)n(C(c3ccccc3)c3ccccc3)c3ccc(Cl)cc23)cc1. The molecule has 0 aliphatic rings. The second kappa shape index (κ2) is 15.1. The van der Waals surface area contributed by atoms with E-state index in [1.54, 1.807) is 12.1 Å². The summed E-state index contributed by atoms with van der Waals surface area (Å²) in [5, 5.41) is 10.9. The summed E-state index contributed by atoms with van der Waals surface area (Å²) in [5.41, 5.74) is 5.10. The number of carboxylic acids is 1. The molecule has 0 bridgehead atoms. The molecule has 0 unspecified atom stereocenters. The first-order chi connectivity index (χ1) is 23.6. The second-order valence-corrected chi connectivity index (χ2v) is 14.6. The molecule has 0 radical (unpaired) electrons. The van der Waals surface area contributed by atoms with Crippen LogP contribution in [0.2, 0.25) is 10.2 Å². The third-order valence-electron chi connectivity index (χ3n) is 8.13. The number of nitrogens with zero attached hydrogens (tertiary/aromatic N) is 2. The van der Waals surface area contributed by atoms with Crippen molar-refractivity contribution in [1.29, 1.82) is 0 Å². The van der Waals surface area contributed by atoms with Gasteiger partial charge in [0.25, 0.3) is 0 Å². The number of sulfonamides is 1. The fourth-order valence-electron chi connectivity index (χ4n) is 5.92. The lowest BCUT2D eigenvalue weighted by Gasteiger charge is -2.25. The van der Waals surface area contributed by atoms with E-state index in [-0.39, 0.29) is 34.8 Å². The summed E-state index contributed by atoms with van der Waals surface area (Å²) in [4.78, 5) is 15.3. The molecule has 12 heteroatoms. The molecule has 0 aliphatic carbocycles. The number of rotatable bonds is 13. The molecule has 0 saturated carbocycles. The van der Waals surface area contributed by atoms with Crippen LogP contribution in [-0.4, -0.2) is 42.2 Å². The molecule has 0 amide bonds. The van der Waals surface area contributed by atoms with Gasteiger partial charge in [-0.15, -0.1) is 0 Å². The van der Waals surface area contributed by atoms with Crippen LogP contribution in [0.5, 0.6) is 5.75 Å². The summed E-state index contributed by atoms with van der Waals surface area (Å²) in [6, 6.07) is 33.5. The van der Waals surface area contributed by atoms with E-state index in [4.69, 9.17) is 27.9 Å². The molecular formula is C37H30BrCl2N3O5S. The lowest BCUT2D eigenvalue weighted by atomic mass is 9.97. The number of nitrogens with one attached hydrogen (secondary N) is 1. The van der Waals surface area contributed by atoms with E-state index < -0.39 is 16.0 Å². The van der Waals surface area contributed by atoms with Crippen molar-refractivity contribution in [1.82, 2.24) is 14.3 Å². The highest BCUT2D eigenvalue weighted by molar-refractivity contribution is 9.10. The Kier molecular flexibility index (Phi) is 10.7. The lowest BCUT2D eigenvalue weighted by Crippen LogP contribution is -2.27. The number of benzene rings is 4. The van der Waals surface area contributed by atoms with Crippen molar-refractivity contribution in [3.63, 3.8) is 0 Å². The Morgan fingerprint density at radius 3 is 2.16 bits per heavy atom. The molecule has 4 aromatic carbocycles. The highest BCUT2D eigenvalue weighted by atomic mass is 79.9. The van der Waals surface area contributed by atoms with Gasteiger partial charge in [0.05, 0.1) is 22.7 Å². The molecule has 8 nitrogen and oxygen atoms in total. The smallest absolute Gasteiger partial charge is 0.335 e. The number of aromatic carboxylic acids is 1. The number of ether oxygens (including phenoxy) is 1. The summed E-state index contributed by atoms with van der Waals surface area (Å²) >= 11 is 15.9. The van der Waals surface area contributed by atoms with Crippen LogP contribution in [-0.2, 0) is 22.9 Å². The van der Waals surface area contributed by atoms with Crippen LogP contribution in [0.1, 0.15) is 38.8 Å². The lowest BCUT2D eigenvalue weighted by molar-refractivity contribution is 0.0697. The Labute approximate surface area is 302 Å². The van der Waals surface area contributed by atoms with Gasteiger partial charge in [-0.1, -0.05) is 83.9 Å². The molecule has 49 heavy (non-hydrogen) atoms. The van der Waals surface area contributed by atoms with Crippen molar-refractivity contribution in [2.75, 3.05) is 13.2 Å². The van der Waals surface area contributed by atoms with Gasteiger partial charge >= 0.3 is 5.97 Å². The van der Waals surface area contributed by atoms with Gasteiger partial charge in [0.15, 0.2) is 0 Å². The van der Waals surface area contributed by atoms with Crippen molar-refractivity contribution in [3.8, 4) is 5.75 Å². The maximum absolute atomic E-state index is 13.3. The first kappa shape index (κ1) is 34.7. The number of halogens is 3. The van der Waals surface area contributed by atoms with E-state index in [1.807, 2.05) is 54.6 Å². The third-order valence-corrected chi connectivity index (χ3v) is 10.9. The summed E-state index contributed by atoms with van der Waals surface area (Å²) in [7, 11) is -3.92. The predicted octanol–water partition coefficient (Wildman–Crippen LogP) is 8.58. The third kappa shape index (κ3) is 7.84. The van der Waals surface area contributed by atoms with E-state index in [9.17, 15) is 18.3 Å². The van der Waals surface area contributed by atoms with Crippen LogP contribution in [0, 0.1) is 0 Å². The average molecular weight is 780 g/mol. The van der Waals surface area contributed by atoms with Crippen LogP contribution < -0.4 is 9.46 Å². The Morgan fingerprint density at radius 2 is 1.55 bits per heavy atom. The van der Waals surface area contributed by atoms with Gasteiger partial charge in [-0.25, -0.2) is 22.9 Å². The van der Waals surface area contributed by atoms with E-state index in [0.29, 0.717) is 28.1 Å². The normalized spacial score (nSPS) is 11.7. The zero-order chi connectivity index (χ0) is 34.5. The molecule has 6 aromatic rings. The first-order valence-corrected chi connectivity index (χ1v) is 18.3. The number of carbonyl (C=O) groups is 1. The van der Waals surface area contributed by atoms with Gasteiger partial charge in [0.2, 0.25) is 10.0 Å². The molecule has 0 fully saturated rings. The molecule has 250 valence electrons. The maximum Gasteiger partial charge on any atom is 0.335 e. The zero-order valence-electron chi connectivity index (χ0n) is 25.9. The van der Waals surface area contributed by atoms with Gasteiger partial charge in [0.1, 0.15) is 15.8 Å². The largest absolute Gasteiger partial charge is 0.493 e. The molecule has 0 aliphatic heterocycles. The maximum atomic E-state index is 13.3. The average Bonchev–Trinajstić information content (AvgIpc) is 3.38. The topological polar surface area (TPSA) is 111 Å². The van der Waals surface area contributed by atoms with Crippen molar-refractivity contribution in [3.05, 3.63) is 158 Å². The Morgan fingerprint density at radius 1 is 0.898 bits per heavy atom. The second-order valence-electron chi connectivity index (χ2n) is 11.2. The van der Waals surface area contributed by atoms with Gasteiger partial charge < -0.3 is 14.4 Å². The number of hydrogen-bond donors (Lipinski definition) is 2. The zero-order valence-corrected chi connectivity index (χ0v) is 29.8. The Balaban J connectivity index is 1.43. The number of fused-ring (bicyclic) bond motifs is 1. The highest BCUT2D eigenvalue weighted by Crippen LogP contribution is 2.38. The van der Waals surface area contributed by atoms with Crippen molar-refractivity contribution >= 4 is 66.0 Å². The van der Waals surface area contributed by atoms with E-state index in [2.05, 4.69) is 54.5 Å². The standard InChI is InChI=1S/C37H30BrCl2N3O5S/c38-32-22-29(23-41-36(32)40)49(46,47)42-19-17-34-30(18-20-48-28-14-11-26(12-15-28)37(44)45)31-21-27(39)13-16-33(31)43(34)35(24-7-3-1-4-8-24)25-9-5-2-6-10-25/h1-16,21-23,35,42H,17-20H2,(H,44,45). The predicted molar refractivity (Wildman–Crippen MR) is 196 cm³/mol. The van der Waals surface area contributed by atoms with Crippen LogP contribution >= 0.6 is 39.1 Å². The number of hydrogen-bond acceptors (Lipinski definition) is 5. The minimum absolute atomic E-state index is 0.00918. The van der Waals surface area contributed by atoms with Gasteiger partial charge in [0, 0.05) is 47.2 Å². The quantitative estimate of drug-likeness (QED) is 0.114. The van der Waals surface area contributed by atoms with Crippen molar-refractivity contribution in [2.24, 2.45) is 0 Å². The fourth-order valence-corrected chi connectivity index (χ4v) is 7.69. The van der Waals surface area contributed by atoms with E-state index >= 15 is 0 Å².